The van der Waals surface area contributed by atoms with Crippen molar-refractivity contribution < 1.29 is 4.39 Å². The van der Waals surface area contributed by atoms with E-state index in [0.29, 0.717) is 6.54 Å². The van der Waals surface area contributed by atoms with Crippen molar-refractivity contribution in [3.05, 3.63) is 34.6 Å². The summed E-state index contributed by atoms with van der Waals surface area (Å²) in [7, 11) is 0. The van der Waals surface area contributed by atoms with E-state index in [1.54, 1.807) is 6.07 Å². The molecule has 1 saturated carbocycles. The molecule has 0 heterocycles. The quantitative estimate of drug-likeness (QED) is 0.832. The van der Waals surface area contributed by atoms with E-state index < -0.39 is 0 Å². The summed E-state index contributed by atoms with van der Waals surface area (Å²) in [6.07, 6.45) is 5.66. The van der Waals surface area contributed by atoms with Crippen LogP contribution in [0.4, 0.5) is 4.39 Å². The first kappa shape index (κ1) is 12.6. The standard InChI is InChI=1S/C15H22FN/c1-11-8-12(2)14(13(16)9-11)15(10-17)6-4-3-5-7-15/h8-9H,3-7,10,17H2,1-2H3. The molecular formula is C15H22FN. The normalized spacial score (nSPS) is 19.3. The molecular weight excluding hydrogens is 213 g/mol. The number of hydrogen-bond donors (Lipinski definition) is 1. The van der Waals surface area contributed by atoms with Crippen molar-refractivity contribution in [3.63, 3.8) is 0 Å². The fraction of sp³-hybridized carbons (Fsp3) is 0.600. The molecule has 1 aromatic rings. The first-order valence-corrected chi connectivity index (χ1v) is 6.56. The van der Waals surface area contributed by atoms with Crippen molar-refractivity contribution in [2.45, 2.75) is 51.4 Å². The van der Waals surface area contributed by atoms with Crippen LogP contribution in [0.2, 0.25) is 0 Å². The fourth-order valence-corrected chi connectivity index (χ4v) is 3.37. The van der Waals surface area contributed by atoms with Gasteiger partial charge in [0.15, 0.2) is 0 Å². The number of aryl methyl sites for hydroxylation is 2. The van der Waals surface area contributed by atoms with Gasteiger partial charge in [0.1, 0.15) is 5.82 Å². The highest BCUT2D eigenvalue weighted by atomic mass is 19.1. The van der Waals surface area contributed by atoms with Crippen LogP contribution >= 0.6 is 0 Å². The molecule has 1 fully saturated rings. The average molecular weight is 235 g/mol. The molecule has 1 aliphatic rings. The Labute approximate surface area is 103 Å². The van der Waals surface area contributed by atoms with Gasteiger partial charge in [0.2, 0.25) is 0 Å². The minimum atomic E-state index is -0.111. The zero-order valence-corrected chi connectivity index (χ0v) is 10.9. The second kappa shape index (κ2) is 4.77. The molecule has 0 unspecified atom stereocenters. The van der Waals surface area contributed by atoms with E-state index in [4.69, 9.17) is 5.73 Å². The molecule has 2 rings (SSSR count). The van der Waals surface area contributed by atoms with Crippen molar-refractivity contribution in [2.75, 3.05) is 6.54 Å². The zero-order valence-electron chi connectivity index (χ0n) is 10.9. The van der Waals surface area contributed by atoms with Crippen LogP contribution in [-0.2, 0) is 5.41 Å². The smallest absolute Gasteiger partial charge is 0.127 e. The molecule has 0 saturated heterocycles. The molecule has 1 nitrogen and oxygen atoms in total. The van der Waals surface area contributed by atoms with E-state index in [1.165, 1.54) is 19.3 Å². The molecule has 1 aromatic carbocycles. The van der Waals surface area contributed by atoms with Crippen LogP contribution in [0.25, 0.3) is 0 Å². The molecule has 2 N–H and O–H groups in total. The van der Waals surface area contributed by atoms with Crippen molar-refractivity contribution in [1.82, 2.24) is 0 Å². The summed E-state index contributed by atoms with van der Waals surface area (Å²) in [5, 5.41) is 0. The van der Waals surface area contributed by atoms with E-state index >= 15 is 0 Å². The van der Waals surface area contributed by atoms with Crippen LogP contribution in [0.1, 0.15) is 48.8 Å². The predicted molar refractivity (Wildman–Crippen MR) is 69.7 cm³/mol. The molecule has 0 aliphatic heterocycles. The topological polar surface area (TPSA) is 26.0 Å². The predicted octanol–water partition coefficient (Wildman–Crippen LogP) is 3.60. The molecule has 0 amide bonds. The monoisotopic (exact) mass is 235 g/mol. The lowest BCUT2D eigenvalue weighted by Crippen LogP contribution is -2.38. The van der Waals surface area contributed by atoms with E-state index in [9.17, 15) is 4.39 Å². The molecule has 0 spiro atoms. The Morgan fingerprint density at radius 2 is 1.82 bits per heavy atom. The summed E-state index contributed by atoms with van der Waals surface area (Å²) < 4.78 is 14.3. The summed E-state index contributed by atoms with van der Waals surface area (Å²) in [6.45, 7) is 4.51. The molecule has 0 aromatic heterocycles. The number of halogens is 1. The number of hydrogen-bond acceptors (Lipinski definition) is 1. The van der Waals surface area contributed by atoms with Crippen LogP contribution in [0.15, 0.2) is 12.1 Å². The lowest BCUT2D eigenvalue weighted by atomic mass is 9.68. The van der Waals surface area contributed by atoms with Gasteiger partial charge in [-0.3, -0.25) is 0 Å². The number of benzene rings is 1. The number of rotatable bonds is 2. The van der Waals surface area contributed by atoms with Gasteiger partial charge in [-0.15, -0.1) is 0 Å². The minimum Gasteiger partial charge on any atom is -0.330 e. The lowest BCUT2D eigenvalue weighted by molar-refractivity contribution is 0.290. The van der Waals surface area contributed by atoms with Gasteiger partial charge in [-0.05, 0) is 49.4 Å². The summed E-state index contributed by atoms with van der Waals surface area (Å²) in [5.41, 5.74) is 8.81. The largest absolute Gasteiger partial charge is 0.330 e. The summed E-state index contributed by atoms with van der Waals surface area (Å²) in [5.74, 6) is -0.0603. The third-order valence-corrected chi connectivity index (χ3v) is 4.16. The average Bonchev–Trinajstić information content (AvgIpc) is 2.28. The Balaban J connectivity index is 2.50. The highest BCUT2D eigenvalue weighted by Crippen LogP contribution is 2.41. The molecule has 0 atom stereocenters. The summed E-state index contributed by atoms with van der Waals surface area (Å²) in [4.78, 5) is 0. The third kappa shape index (κ3) is 2.23. The van der Waals surface area contributed by atoms with Crippen molar-refractivity contribution in [3.8, 4) is 0 Å². The van der Waals surface area contributed by atoms with Crippen LogP contribution in [0.5, 0.6) is 0 Å². The second-order valence-corrected chi connectivity index (χ2v) is 5.48. The molecule has 17 heavy (non-hydrogen) atoms. The van der Waals surface area contributed by atoms with Gasteiger partial charge in [0.25, 0.3) is 0 Å². The minimum absolute atomic E-state index is 0.0603. The Morgan fingerprint density at radius 1 is 1.18 bits per heavy atom. The zero-order chi connectivity index (χ0) is 12.5. The van der Waals surface area contributed by atoms with Crippen molar-refractivity contribution in [2.24, 2.45) is 5.73 Å². The summed E-state index contributed by atoms with van der Waals surface area (Å²) >= 11 is 0. The van der Waals surface area contributed by atoms with Gasteiger partial charge >= 0.3 is 0 Å². The molecule has 0 bridgehead atoms. The molecule has 2 heteroatoms. The van der Waals surface area contributed by atoms with Gasteiger partial charge in [-0.2, -0.15) is 0 Å². The first-order chi connectivity index (χ1) is 8.09. The maximum atomic E-state index is 14.3. The van der Waals surface area contributed by atoms with Crippen molar-refractivity contribution >= 4 is 0 Å². The van der Waals surface area contributed by atoms with Gasteiger partial charge in [-0.1, -0.05) is 25.3 Å². The van der Waals surface area contributed by atoms with Crippen LogP contribution in [0.3, 0.4) is 0 Å². The van der Waals surface area contributed by atoms with Gasteiger partial charge < -0.3 is 5.73 Å². The maximum absolute atomic E-state index is 14.3. The molecule has 0 radical (unpaired) electrons. The van der Waals surface area contributed by atoms with Crippen LogP contribution < -0.4 is 5.73 Å². The van der Waals surface area contributed by atoms with E-state index in [2.05, 4.69) is 6.07 Å². The molecule has 94 valence electrons. The van der Waals surface area contributed by atoms with E-state index in [1.807, 2.05) is 13.8 Å². The SMILES string of the molecule is Cc1cc(C)c(C2(CN)CCCCC2)c(F)c1. The van der Waals surface area contributed by atoms with Crippen LogP contribution in [-0.4, -0.2) is 6.54 Å². The first-order valence-electron chi connectivity index (χ1n) is 6.56. The Kier molecular flexibility index (Phi) is 3.53. The Hall–Kier alpha value is -0.890. The van der Waals surface area contributed by atoms with Gasteiger partial charge in [-0.25, -0.2) is 4.39 Å². The second-order valence-electron chi connectivity index (χ2n) is 5.48. The molecule has 1 aliphatic carbocycles. The highest BCUT2D eigenvalue weighted by molar-refractivity contribution is 5.38. The van der Waals surface area contributed by atoms with E-state index in [-0.39, 0.29) is 11.2 Å². The van der Waals surface area contributed by atoms with Crippen LogP contribution in [0, 0.1) is 19.7 Å². The summed E-state index contributed by atoms with van der Waals surface area (Å²) in [6, 6.07) is 3.72. The Morgan fingerprint density at radius 3 is 2.35 bits per heavy atom. The van der Waals surface area contributed by atoms with Crippen molar-refractivity contribution in [1.29, 1.82) is 0 Å². The van der Waals surface area contributed by atoms with Gasteiger partial charge in [0, 0.05) is 12.0 Å². The lowest BCUT2D eigenvalue weighted by Gasteiger charge is -2.38. The highest BCUT2D eigenvalue weighted by Gasteiger charge is 2.35. The van der Waals surface area contributed by atoms with E-state index in [0.717, 1.165) is 29.5 Å². The third-order valence-electron chi connectivity index (χ3n) is 4.16. The maximum Gasteiger partial charge on any atom is 0.127 e. The fourth-order valence-electron chi connectivity index (χ4n) is 3.37. The Bertz CT molecular complexity index is 382. The van der Waals surface area contributed by atoms with Gasteiger partial charge in [0.05, 0.1) is 0 Å². The number of nitrogens with two attached hydrogens (primary N) is 1.